The first-order chi connectivity index (χ1) is 5.69. The van der Waals surface area contributed by atoms with Crippen LogP contribution < -0.4 is 5.73 Å². The van der Waals surface area contributed by atoms with Crippen molar-refractivity contribution in [1.82, 2.24) is 0 Å². The third-order valence-electron chi connectivity index (χ3n) is 2.19. The van der Waals surface area contributed by atoms with Crippen LogP contribution in [0, 0.1) is 5.92 Å². The molecule has 1 aliphatic heterocycles. The Kier molecular flexibility index (Phi) is 2.68. The topological polar surface area (TPSA) is 64.7 Å². The highest BCUT2D eigenvalue weighted by atomic mass is 16.5. The number of carbonyl (C=O) groups is 1. The van der Waals surface area contributed by atoms with E-state index in [4.69, 9.17) is 10.5 Å². The summed E-state index contributed by atoms with van der Waals surface area (Å²) in [5, 5.41) is 0. The zero-order valence-electron chi connectivity index (χ0n) is 7.41. The van der Waals surface area contributed by atoms with Gasteiger partial charge in [0.2, 0.25) is 0 Å². The Hall–Kier alpha value is -1.06. The Morgan fingerprint density at radius 2 is 2.17 bits per heavy atom. The molecule has 0 saturated carbocycles. The van der Waals surface area contributed by atoms with Gasteiger partial charge in [-0.15, -0.1) is 0 Å². The van der Waals surface area contributed by atoms with Crippen LogP contribution in [0.25, 0.3) is 0 Å². The summed E-state index contributed by atoms with van der Waals surface area (Å²) in [5.41, 5.74) is 5.27. The van der Waals surface area contributed by atoms with Crippen molar-refractivity contribution >= 4 is 11.9 Å². The number of nitrogens with two attached hydrogens (primary N) is 1. The van der Waals surface area contributed by atoms with E-state index in [2.05, 4.69) is 4.99 Å². The van der Waals surface area contributed by atoms with Crippen LogP contribution in [0.3, 0.4) is 0 Å². The summed E-state index contributed by atoms with van der Waals surface area (Å²) < 4.78 is 5.10. The molecule has 1 amide bonds. The maximum Gasteiger partial charge on any atom is 0.291 e. The molecule has 12 heavy (non-hydrogen) atoms. The van der Waals surface area contributed by atoms with E-state index in [-0.39, 0.29) is 17.8 Å². The number of carbonyl (C=O) groups excluding carboxylic acids is 1. The van der Waals surface area contributed by atoms with Crippen LogP contribution in [0.5, 0.6) is 0 Å². The average molecular weight is 170 g/mol. The molecular weight excluding hydrogens is 156 g/mol. The smallest absolute Gasteiger partial charge is 0.291 e. The lowest BCUT2D eigenvalue weighted by Crippen LogP contribution is -2.28. The van der Waals surface area contributed by atoms with Gasteiger partial charge in [0.25, 0.3) is 11.9 Å². The zero-order chi connectivity index (χ0) is 9.14. The van der Waals surface area contributed by atoms with E-state index in [9.17, 15) is 4.79 Å². The van der Waals surface area contributed by atoms with Crippen LogP contribution in [-0.4, -0.2) is 18.0 Å². The van der Waals surface area contributed by atoms with Crippen LogP contribution in [0.4, 0.5) is 0 Å². The third-order valence-corrected chi connectivity index (χ3v) is 2.19. The molecule has 1 atom stereocenters. The number of amidine groups is 1. The van der Waals surface area contributed by atoms with Gasteiger partial charge in [-0.2, -0.15) is 4.99 Å². The van der Waals surface area contributed by atoms with Crippen molar-refractivity contribution in [3.8, 4) is 0 Å². The van der Waals surface area contributed by atoms with E-state index >= 15 is 0 Å². The van der Waals surface area contributed by atoms with E-state index in [1.165, 1.54) is 0 Å². The molecule has 0 radical (unpaired) electrons. The van der Waals surface area contributed by atoms with Crippen LogP contribution in [-0.2, 0) is 9.53 Å². The van der Waals surface area contributed by atoms with Crippen molar-refractivity contribution in [1.29, 1.82) is 0 Å². The van der Waals surface area contributed by atoms with Crippen molar-refractivity contribution in [2.24, 2.45) is 16.6 Å². The normalized spacial score (nSPS) is 22.8. The lowest BCUT2D eigenvalue weighted by molar-refractivity contribution is -0.124. The summed E-state index contributed by atoms with van der Waals surface area (Å²) in [7, 11) is 0. The maximum absolute atomic E-state index is 11.2. The monoisotopic (exact) mass is 170 g/mol. The summed E-state index contributed by atoms with van der Waals surface area (Å²) in [6.07, 6.45) is 1.39. The lowest BCUT2D eigenvalue weighted by atomic mass is 9.96. The molecule has 68 valence electrons. The third kappa shape index (κ3) is 1.57. The van der Waals surface area contributed by atoms with Crippen molar-refractivity contribution < 1.29 is 9.53 Å². The molecule has 0 saturated heterocycles. The molecule has 4 heteroatoms. The van der Waals surface area contributed by atoms with E-state index in [1.54, 1.807) is 0 Å². The minimum Gasteiger partial charge on any atom is -0.451 e. The predicted octanol–water partition coefficient (Wildman–Crippen LogP) is 0.663. The van der Waals surface area contributed by atoms with E-state index in [0.29, 0.717) is 0 Å². The van der Waals surface area contributed by atoms with Gasteiger partial charge < -0.3 is 10.5 Å². The van der Waals surface area contributed by atoms with Gasteiger partial charge in [0.1, 0.15) is 0 Å². The average Bonchev–Trinajstić information content (AvgIpc) is 2.34. The second-order valence-corrected chi connectivity index (χ2v) is 2.90. The first-order valence-electron chi connectivity index (χ1n) is 4.23. The number of ether oxygens (including phenoxy) is 1. The van der Waals surface area contributed by atoms with E-state index in [1.807, 2.05) is 13.8 Å². The van der Waals surface area contributed by atoms with E-state index in [0.717, 1.165) is 12.8 Å². The summed E-state index contributed by atoms with van der Waals surface area (Å²) in [4.78, 5) is 14.7. The van der Waals surface area contributed by atoms with Gasteiger partial charge in [-0.25, -0.2) is 0 Å². The standard InChI is InChI=1S/C8H14N2O2/c1-3-5(4-2)6-7(11)10-8(9)12-6/h5-6H,3-4H2,1-2H3,(H2,9,10,11). The molecule has 0 spiro atoms. The molecule has 4 nitrogen and oxygen atoms in total. The molecule has 1 heterocycles. The molecule has 2 N–H and O–H groups in total. The molecule has 0 aromatic carbocycles. The SMILES string of the molecule is CCC(CC)C1OC(N)=NC1=O. The van der Waals surface area contributed by atoms with Gasteiger partial charge >= 0.3 is 0 Å². The fourth-order valence-electron chi connectivity index (χ4n) is 1.39. The molecule has 0 bridgehead atoms. The molecule has 0 fully saturated rings. The lowest BCUT2D eigenvalue weighted by Gasteiger charge is -2.17. The quantitative estimate of drug-likeness (QED) is 0.676. The maximum atomic E-state index is 11.2. The molecule has 0 aliphatic carbocycles. The second-order valence-electron chi connectivity index (χ2n) is 2.90. The van der Waals surface area contributed by atoms with Crippen LogP contribution in [0.1, 0.15) is 26.7 Å². The van der Waals surface area contributed by atoms with Gasteiger partial charge in [0.15, 0.2) is 6.10 Å². The molecule has 0 aromatic heterocycles. The fraction of sp³-hybridized carbons (Fsp3) is 0.750. The highest BCUT2D eigenvalue weighted by Crippen LogP contribution is 2.20. The fourth-order valence-corrected chi connectivity index (χ4v) is 1.39. The molecule has 0 aromatic rings. The number of amides is 1. The molecule has 1 unspecified atom stereocenters. The molecular formula is C8H14N2O2. The number of hydrogen-bond donors (Lipinski definition) is 1. The number of nitrogens with zero attached hydrogens (tertiary/aromatic N) is 1. The summed E-state index contributed by atoms with van der Waals surface area (Å²) in [5.74, 6) is 0.00324. The first kappa shape index (κ1) is 9.03. The van der Waals surface area contributed by atoms with Crippen molar-refractivity contribution in [2.75, 3.05) is 0 Å². The van der Waals surface area contributed by atoms with Gasteiger partial charge in [0, 0.05) is 5.92 Å². The van der Waals surface area contributed by atoms with Crippen LogP contribution >= 0.6 is 0 Å². The second kappa shape index (κ2) is 3.56. The molecule has 1 aliphatic rings. The largest absolute Gasteiger partial charge is 0.451 e. The highest BCUT2D eigenvalue weighted by molar-refractivity contribution is 5.97. The predicted molar refractivity (Wildman–Crippen MR) is 45.6 cm³/mol. The first-order valence-corrected chi connectivity index (χ1v) is 4.23. The number of rotatable bonds is 3. The Bertz CT molecular complexity index is 209. The van der Waals surface area contributed by atoms with E-state index < -0.39 is 6.10 Å². The number of hydrogen-bond acceptors (Lipinski definition) is 3. The van der Waals surface area contributed by atoms with Crippen molar-refractivity contribution in [3.05, 3.63) is 0 Å². The van der Waals surface area contributed by atoms with Crippen molar-refractivity contribution in [3.63, 3.8) is 0 Å². The minimum atomic E-state index is -0.431. The summed E-state index contributed by atoms with van der Waals surface area (Å²) in [6, 6.07) is 0.0110. The van der Waals surface area contributed by atoms with Gasteiger partial charge in [-0.05, 0) is 12.8 Å². The van der Waals surface area contributed by atoms with Crippen LogP contribution in [0.15, 0.2) is 4.99 Å². The zero-order valence-corrected chi connectivity index (χ0v) is 7.41. The van der Waals surface area contributed by atoms with Gasteiger partial charge in [-0.1, -0.05) is 13.8 Å². The highest BCUT2D eigenvalue weighted by Gasteiger charge is 2.33. The Labute approximate surface area is 71.8 Å². The van der Waals surface area contributed by atoms with Crippen LogP contribution in [0.2, 0.25) is 0 Å². The summed E-state index contributed by atoms with van der Waals surface area (Å²) >= 11 is 0. The molecule has 1 rings (SSSR count). The Morgan fingerprint density at radius 1 is 1.58 bits per heavy atom. The number of aliphatic imine (C=N–C) groups is 1. The van der Waals surface area contributed by atoms with Gasteiger partial charge in [-0.3, -0.25) is 4.79 Å². The summed E-state index contributed by atoms with van der Waals surface area (Å²) in [6.45, 7) is 4.05. The minimum absolute atomic E-state index is 0.0110. The van der Waals surface area contributed by atoms with Gasteiger partial charge in [0.05, 0.1) is 0 Å². The Morgan fingerprint density at radius 3 is 2.50 bits per heavy atom. The van der Waals surface area contributed by atoms with Crippen molar-refractivity contribution in [2.45, 2.75) is 32.8 Å². The Balaban J connectivity index is 2.61.